The van der Waals surface area contributed by atoms with Crippen LogP contribution < -0.4 is 9.47 Å². The molecule has 0 saturated carbocycles. The molecule has 0 unspecified atom stereocenters. The topological polar surface area (TPSA) is 67.4 Å². The first-order valence-corrected chi connectivity index (χ1v) is 11.2. The van der Waals surface area contributed by atoms with Gasteiger partial charge in [0.05, 0.1) is 23.9 Å². The molecule has 6 rings (SSSR count). The number of aliphatic hydroxyl groups excluding tert-OH is 1. The number of rotatable bonds is 5. The average molecular weight is 437 g/mol. The third-order valence-corrected chi connectivity index (χ3v) is 6.40. The Labute approximate surface area is 191 Å². The molecule has 0 radical (unpaired) electrons. The van der Waals surface area contributed by atoms with Crippen LogP contribution in [0.15, 0.2) is 85.1 Å². The molecule has 5 aromatic rings. The Morgan fingerprint density at radius 2 is 1.88 bits per heavy atom. The van der Waals surface area contributed by atoms with Gasteiger partial charge in [0.25, 0.3) is 0 Å². The van der Waals surface area contributed by atoms with Crippen LogP contribution in [0.4, 0.5) is 0 Å². The molecule has 0 spiro atoms. The van der Waals surface area contributed by atoms with Crippen LogP contribution in [0, 0.1) is 5.92 Å². The Hall–Kier alpha value is -3.83. The van der Waals surface area contributed by atoms with E-state index in [1.807, 2.05) is 66.9 Å². The first-order valence-electron chi connectivity index (χ1n) is 11.2. The normalized spacial score (nSPS) is 17.6. The smallest absolute Gasteiger partial charge is 0.130 e. The summed E-state index contributed by atoms with van der Waals surface area (Å²) in [6, 6.07) is 26.0. The SMILES string of the molecule is O[C@H]1c2cc(OCc3ccc4ccccc4n3)ccc2OC[C@H]1Cc1c[nH]c2ccccc12. The molecule has 3 aromatic carbocycles. The predicted molar refractivity (Wildman–Crippen MR) is 128 cm³/mol. The zero-order valence-corrected chi connectivity index (χ0v) is 18.1. The van der Waals surface area contributed by atoms with E-state index in [0.29, 0.717) is 24.7 Å². The number of aromatic nitrogens is 2. The van der Waals surface area contributed by atoms with Gasteiger partial charge in [-0.1, -0.05) is 42.5 Å². The molecule has 0 bridgehead atoms. The highest BCUT2D eigenvalue weighted by Gasteiger charge is 2.30. The monoisotopic (exact) mass is 436 g/mol. The van der Waals surface area contributed by atoms with Gasteiger partial charge < -0.3 is 19.6 Å². The number of hydrogen-bond donors (Lipinski definition) is 2. The van der Waals surface area contributed by atoms with Crippen molar-refractivity contribution in [3.05, 3.63) is 102 Å². The molecule has 3 heterocycles. The van der Waals surface area contributed by atoms with Gasteiger partial charge in [-0.05, 0) is 48.4 Å². The zero-order chi connectivity index (χ0) is 22.2. The molecule has 1 aliphatic heterocycles. The molecule has 2 N–H and O–H groups in total. The highest BCUT2D eigenvalue weighted by Crippen LogP contribution is 2.39. The van der Waals surface area contributed by atoms with E-state index in [4.69, 9.17) is 9.47 Å². The summed E-state index contributed by atoms with van der Waals surface area (Å²) in [5.74, 6) is 1.38. The molecular weight excluding hydrogens is 412 g/mol. The van der Waals surface area contributed by atoms with Crippen molar-refractivity contribution in [3.63, 3.8) is 0 Å². The van der Waals surface area contributed by atoms with E-state index in [-0.39, 0.29) is 5.92 Å². The predicted octanol–water partition coefficient (Wildman–Crippen LogP) is 5.58. The van der Waals surface area contributed by atoms with Crippen LogP contribution in [-0.2, 0) is 13.0 Å². The maximum Gasteiger partial charge on any atom is 0.130 e. The Morgan fingerprint density at radius 1 is 1.00 bits per heavy atom. The highest BCUT2D eigenvalue weighted by molar-refractivity contribution is 5.83. The molecule has 164 valence electrons. The Balaban J connectivity index is 1.19. The average Bonchev–Trinajstić information content (AvgIpc) is 3.27. The Bertz CT molecular complexity index is 1440. The quantitative estimate of drug-likeness (QED) is 0.377. The van der Waals surface area contributed by atoms with Gasteiger partial charge in [0, 0.05) is 34.0 Å². The van der Waals surface area contributed by atoms with Crippen LogP contribution in [0.25, 0.3) is 21.8 Å². The Morgan fingerprint density at radius 3 is 2.85 bits per heavy atom. The van der Waals surface area contributed by atoms with Crippen molar-refractivity contribution in [3.8, 4) is 11.5 Å². The molecule has 5 heteroatoms. The van der Waals surface area contributed by atoms with Crippen molar-refractivity contribution in [1.29, 1.82) is 0 Å². The molecule has 2 aromatic heterocycles. The summed E-state index contributed by atoms with van der Waals surface area (Å²) in [5, 5.41) is 13.5. The number of aromatic amines is 1. The van der Waals surface area contributed by atoms with Gasteiger partial charge in [-0.2, -0.15) is 0 Å². The zero-order valence-electron chi connectivity index (χ0n) is 18.1. The lowest BCUT2D eigenvalue weighted by atomic mass is 9.88. The van der Waals surface area contributed by atoms with Gasteiger partial charge in [-0.3, -0.25) is 0 Å². The maximum atomic E-state index is 11.2. The summed E-state index contributed by atoms with van der Waals surface area (Å²) in [6.45, 7) is 0.841. The summed E-state index contributed by atoms with van der Waals surface area (Å²) in [5.41, 5.74) is 4.89. The number of benzene rings is 3. The van der Waals surface area contributed by atoms with Gasteiger partial charge in [-0.25, -0.2) is 4.98 Å². The third kappa shape index (κ3) is 3.81. The van der Waals surface area contributed by atoms with Crippen molar-refractivity contribution in [1.82, 2.24) is 9.97 Å². The van der Waals surface area contributed by atoms with E-state index in [0.717, 1.165) is 34.1 Å². The maximum absolute atomic E-state index is 11.2. The standard InChI is InChI=1S/C28H24N2O3/c31-28-20(13-19-15-29-26-8-4-2-6-23(19)26)16-33-27-12-11-22(14-24(27)28)32-17-21-10-9-18-5-1-3-7-25(18)30-21/h1-12,14-15,20,28-29,31H,13,16-17H2/t20-,28-/m1/s1. The third-order valence-electron chi connectivity index (χ3n) is 6.40. The number of hydrogen-bond acceptors (Lipinski definition) is 4. The van der Waals surface area contributed by atoms with E-state index in [2.05, 4.69) is 28.2 Å². The molecule has 33 heavy (non-hydrogen) atoms. The molecule has 5 nitrogen and oxygen atoms in total. The van der Waals surface area contributed by atoms with Crippen molar-refractivity contribution >= 4 is 21.8 Å². The van der Waals surface area contributed by atoms with Crippen molar-refractivity contribution in [2.45, 2.75) is 19.1 Å². The second-order valence-electron chi connectivity index (χ2n) is 8.56. The number of para-hydroxylation sites is 2. The first-order chi connectivity index (χ1) is 16.2. The van der Waals surface area contributed by atoms with Gasteiger partial charge >= 0.3 is 0 Å². The second kappa shape index (κ2) is 8.26. The van der Waals surface area contributed by atoms with Crippen molar-refractivity contribution in [2.24, 2.45) is 5.92 Å². The number of fused-ring (bicyclic) bond motifs is 3. The van der Waals surface area contributed by atoms with Crippen LogP contribution in [0.1, 0.15) is 22.9 Å². The molecule has 1 aliphatic rings. The van der Waals surface area contributed by atoms with Gasteiger partial charge in [0.2, 0.25) is 0 Å². The summed E-state index contributed by atoms with van der Waals surface area (Å²) in [6.07, 6.45) is 2.14. The van der Waals surface area contributed by atoms with Crippen LogP contribution in [0.3, 0.4) is 0 Å². The van der Waals surface area contributed by atoms with Gasteiger partial charge in [-0.15, -0.1) is 0 Å². The number of nitrogens with one attached hydrogen (secondary N) is 1. The minimum Gasteiger partial charge on any atom is -0.493 e. The fourth-order valence-electron chi connectivity index (χ4n) is 4.62. The molecule has 2 atom stereocenters. The van der Waals surface area contributed by atoms with E-state index >= 15 is 0 Å². The molecule has 0 aliphatic carbocycles. The number of nitrogens with zero attached hydrogens (tertiary/aromatic N) is 1. The van der Waals surface area contributed by atoms with Crippen LogP contribution in [-0.4, -0.2) is 21.7 Å². The number of aliphatic hydroxyl groups is 1. The lowest BCUT2D eigenvalue weighted by molar-refractivity contribution is 0.0506. The summed E-state index contributed by atoms with van der Waals surface area (Å²) < 4.78 is 12.0. The summed E-state index contributed by atoms with van der Waals surface area (Å²) in [7, 11) is 0. The molecule has 0 fully saturated rings. The Kier molecular flexibility index (Phi) is 4.96. The summed E-state index contributed by atoms with van der Waals surface area (Å²) in [4.78, 5) is 7.99. The minimum absolute atomic E-state index is 0.0332. The number of pyridine rings is 1. The molecule has 0 saturated heterocycles. The van der Waals surface area contributed by atoms with Gasteiger partial charge in [0.1, 0.15) is 18.1 Å². The van der Waals surface area contributed by atoms with Crippen molar-refractivity contribution < 1.29 is 14.6 Å². The first kappa shape index (κ1) is 19.8. The van der Waals surface area contributed by atoms with Crippen LogP contribution in [0.2, 0.25) is 0 Å². The van der Waals surface area contributed by atoms with Crippen molar-refractivity contribution in [2.75, 3.05) is 6.61 Å². The van der Waals surface area contributed by atoms with E-state index in [9.17, 15) is 5.11 Å². The highest BCUT2D eigenvalue weighted by atomic mass is 16.5. The fourth-order valence-corrected chi connectivity index (χ4v) is 4.62. The largest absolute Gasteiger partial charge is 0.493 e. The minimum atomic E-state index is -0.621. The van der Waals surface area contributed by atoms with Crippen LogP contribution >= 0.6 is 0 Å². The van der Waals surface area contributed by atoms with E-state index < -0.39 is 6.10 Å². The number of H-pyrrole nitrogens is 1. The second-order valence-corrected chi connectivity index (χ2v) is 8.56. The van der Waals surface area contributed by atoms with Gasteiger partial charge in [0.15, 0.2) is 0 Å². The molecular formula is C28H24N2O3. The van der Waals surface area contributed by atoms with E-state index in [1.54, 1.807) is 0 Å². The lowest BCUT2D eigenvalue weighted by Gasteiger charge is -2.30. The van der Waals surface area contributed by atoms with E-state index in [1.165, 1.54) is 10.9 Å². The summed E-state index contributed by atoms with van der Waals surface area (Å²) >= 11 is 0. The fraction of sp³-hybridized carbons (Fsp3) is 0.179. The lowest BCUT2D eigenvalue weighted by Crippen LogP contribution is -2.27. The van der Waals surface area contributed by atoms with Crippen LogP contribution in [0.5, 0.6) is 11.5 Å². The molecule has 0 amide bonds. The number of ether oxygens (including phenoxy) is 2.